The van der Waals surface area contributed by atoms with Gasteiger partial charge < -0.3 is 9.47 Å². The standard InChI is InChI=1S/C10H16O3/c1-4-6-12-7-5-8-13-10(11)9(2)3/h4H,1-2,5-8H2,3H3. The quantitative estimate of drug-likeness (QED) is 0.261. The van der Waals surface area contributed by atoms with Crippen LogP contribution in [0.1, 0.15) is 13.3 Å². The number of hydrogen-bond acceptors (Lipinski definition) is 3. The van der Waals surface area contributed by atoms with Crippen molar-refractivity contribution >= 4 is 5.97 Å². The minimum Gasteiger partial charge on any atom is -0.462 e. The first-order valence-corrected chi connectivity index (χ1v) is 4.19. The summed E-state index contributed by atoms with van der Waals surface area (Å²) >= 11 is 0. The highest BCUT2D eigenvalue weighted by molar-refractivity contribution is 5.86. The van der Waals surface area contributed by atoms with Crippen LogP contribution in [0.5, 0.6) is 0 Å². The summed E-state index contributed by atoms with van der Waals surface area (Å²) in [4.78, 5) is 10.9. The monoisotopic (exact) mass is 184 g/mol. The summed E-state index contributed by atoms with van der Waals surface area (Å²) < 4.78 is 9.93. The number of hydrogen-bond donors (Lipinski definition) is 0. The normalized spacial score (nSPS) is 9.31. The van der Waals surface area contributed by atoms with Crippen molar-refractivity contribution in [2.75, 3.05) is 19.8 Å². The van der Waals surface area contributed by atoms with Gasteiger partial charge in [0.2, 0.25) is 0 Å². The predicted octanol–water partition coefficient (Wildman–Crippen LogP) is 1.70. The van der Waals surface area contributed by atoms with Crippen LogP contribution in [0.2, 0.25) is 0 Å². The predicted molar refractivity (Wildman–Crippen MR) is 51.4 cm³/mol. The van der Waals surface area contributed by atoms with Crippen LogP contribution in [0.3, 0.4) is 0 Å². The fourth-order valence-electron chi connectivity index (χ4n) is 0.616. The maximum Gasteiger partial charge on any atom is 0.333 e. The Hall–Kier alpha value is -1.09. The van der Waals surface area contributed by atoms with Gasteiger partial charge in [0.25, 0.3) is 0 Å². The number of carbonyl (C=O) groups excluding carboxylic acids is 1. The lowest BCUT2D eigenvalue weighted by atomic mass is 10.4. The van der Waals surface area contributed by atoms with Crippen LogP contribution in [0.4, 0.5) is 0 Å². The summed E-state index contributed by atoms with van der Waals surface area (Å²) in [6.45, 7) is 10.1. The molecule has 0 saturated heterocycles. The molecule has 0 spiro atoms. The van der Waals surface area contributed by atoms with E-state index in [-0.39, 0.29) is 5.97 Å². The lowest BCUT2D eigenvalue weighted by Gasteiger charge is -2.03. The number of carbonyl (C=O) groups is 1. The smallest absolute Gasteiger partial charge is 0.333 e. The highest BCUT2D eigenvalue weighted by Gasteiger charge is 2.01. The molecule has 0 heterocycles. The molecule has 0 aliphatic heterocycles. The maximum atomic E-state index is 10.9. The molecular formula is C10H16O3. The summed E-state index contributed by atoms with van der Waals surface area (Å²) in [5, 5.41) is 0. The Labute approximate surface area is 79.0 Å². The molecule has 0 bridgehead atoms. The van der Waals surface area contributed by atoms with Crippen molar-refractivity contribution < 1.29 is 14.3 Å². The zero-order valence-corrected chi connectivity index (χ0v) is 8.04. The second-order valence-corrected chi connectivity index (χ2v) is 2.63. The van der Waals surface area contributed by atoms with Gasteiger partial charge >= 0.3 is 5.97 Å². The average molecular weight is 184 g/mol. The fraction of sp³-hybridized carbons (Fsp3) is 0.500. The van der Waals surface area contributed by atoms with Crippen molar-refractivity contribution in [3.05, 3.63) is 24.8 Å². The van der Waals surface area contributed by atoms with Gasteiger partial charge in [-0.1, -0.05) is 12.7 Å². The van der Waals surface area contributed by atoms with E-state index >= 15 is 0 Å². The van der Waals surface area contributed by atoms with Crippen molar-refractivity contribution in [1.82, 2.24) is 0 Å². The Bertz CT molecular complexity index is 185. The third-order valence-corrected chi connectivity index (χ3v) is 1.25. The molecule has 0 saturated carbocycles. The first kappa shape index (κ1) is 11.9. The second kappa shape index (κ2) is 7.55. The van der Waals surface area contributed by atoms with Crippen molar-refractivity contribution in [2.45, 2.75) is 13.3 Å². The van der Waals surface area contributed by atoms with E-state index in [4.69, 9.17) is 9.47 Å². The molecule has 0 aliphatic carbocycles. The minimum atomic E-state index is -0.344. The molecule has 13 heavy (non-hydrogen) atoms. The van der Waals surface area contributed by atoms with Gasteiger partial charge in [0.1, 0.15) is 0 Å². The SMILES string of the molecule is C=CCOCCCOC(=O)C(=C)C. The Kier molecular flexibility index (Phi) is 6.92. The largest absolute Gasteiger partial charge is 0.462 e. The van der Waals surface area contributed by atoms with E-state index < -0.39 is 0 Å². The van der Waals surface area contributed by atoms with Crippen LogP contribution in [0.15, 0.2) is 24.8 Å². The molecule has 0 amide bonds. The summed E-state index contributed by atoms with van der Waals surface area (Å²) in [5.41, 5.74) is 0.423. The lowest BCUT2D eigenvalue weighted by molar-refractivity contribution is -0.139. The van der Waals surface area contributed by atoms with Gasteiger partial charge in [-0.05, 0) is 6.92 Å². The maximum absolute atomic E-state index is 10.9. The van der Waals surface area contributed by atoms with E-state index in [1.807, 2.05) is 0 Å². The van der Waals surface area contributed by atoms with Crippen LogP contribution in [-0.2, 0) is 14.3 Å². The third-order valence-electron chi connectivity index (χ3n) is 1.25. The number of rotatable bonds is 7. The van der Waals surface area contributed by atoms with Gasteiger partial charge in [0.05, 0.1) is 19.8 Å². The van der Waals surface area contributed by atoms with E-state index in [1.165, 1.54) is 0 Å². The summed E-state index contributed by atoms with van der Waals surface area (Å²) in [6, 6.07) is 0. The van der Waals surface area contributed by atoms with E-state index in [9.17, 15) is 4.79 Å². The third kappa shape index (κ3) is 7.28. The van der Waals surface area contributed by atoms with Crippen molar-refractivity contribution in [2.24, 2.45) is 0 Å². The van der Waals surface area contributed by atoms with Crippen LogP contribution >= 0.6 is 0 Å². The molecule has 0 aliphatic rings. The summed E-state index contributed by atoms with van der Waals surface area (Å²) in [7, 11) is 0. The molecule has 0 aromatic carbocycles. The number of ether oxygens (including phenoxy) is 2. The van der Waals surface area contributed by atoms with Crippen LogP contribution < -0.4 is 0 Å². The zero-order chi connectivity index (χ0) is 10.1. The molecule has 3 nitrogen and oxygen atoms in total. The molecule has 0 fully saturated rings. The van der Waals surface area contributed by atoms with Crippen molar-refractivity contribution in [1.29, 1.82) is 0 Å². The molecule has 0 aromatic heterocycles. The van der Waals surface area contributed by atoms with E-state index in [0.29, 0.717) is 31.8 Å². The van der Waals surface area contributed by atoms with Crippen molar-refractivity contribution in [3.63, 3.8) is 0 Å². The fourth-order valence-corrected chi connectivity index (χ4v) is 0.616. The lowest BCUT2D eigenvalue weighted by Crippen LogP contribution is -2.08. The average Bonchev–Trinajstić information content (AvgIpc) is 2.10. The molecule has 0 N–H and O–H groups in total. The number of esters is 1. The first-order valence-electron chi connectivity index (χ1n) is 4.19. The van der Waals surface area contributed by atoms with Gasteiger partial charge in [-0.25, -0.2) is 4.79 Å². The molecule has 0 radical (unpaired) electrons. The van der Waals surface area contributed by atoms with Crippen LogP contribution in [0, 0.1) is 0 Å². The molecule has 3 heteroatoms. The highest BCUT2D eigenvalue weighted by atomic mass is 16.5. The molecule has 0 rings (SSSR count). The summed E-state index contributed by atoms with van der Waals surface area (Å²) in [5.74, 6) is -0.344. The van der Waals surface area contributed by atoms with Gasteiger partial charge in [-0.3, -0.25) is 0 Å². The Morgan fingerprint density at radius 2 is 2.15 bits per heavy atom. The molecular weight excluding hydrogens is 168 g/mol. The van der Waals surface area contributed by atoms with Crippen LogP contribution in [0.25, 0.3) is 0 Å². The second-order valence-electron chi connectivity index (χ2n) is 2.63. The molecule has 0 atom stereocenters. The molecule has 74 valence electrons. The van der Waals surface area contributed by atoms with Crippen molar-refractivity contribution in [3.8, 4) is 0 Å². The van der Waals surface area contributed by atoms with Gasteiger partial charge in [-0.2, -0.15) is 0 Å². The Balaban J connectivity index is 3.21. The highest BCUT2D eigenvalue weighted by Crippen LogP contribution is 1.93. The topological polar surface area (TPSA) is 35.5 Å². The van der Waals surface area contributed by atoms with Gasteiger partial charge in [-0.15, -0.1) is 6.58 Å². The molecule has 0 aromatic rings. The van der Waals surface area contributed by atoms with E-state index in [0.717, 1.165) is 0 Å². The van der Waals surface area contributed by atoms with Gasteiger partial charge in [0, 0.05) is 12.0 Å². The van der Waals surface area contributed by atoms with Gasteiger partial charge in [0.15, 0.2) is 0 Å². The Morgan fingerprint density at radius 1 is 1.46 bits per heavy atom. The van der Waals surface area contributed by atoms with E-state index in [2.05, 4.69) is 13.2 Å². The first-order chi connectivity index (χ1) is 6.18. The van der Waals surface area contributed by atoms with E-state index in [1.54, 1.807) is 13.0 Å². The summed E-state index contributed by atoms with van der Waals surface area (Å²) in [6.07, 6.45) is 2.38. The van der Waals surface area contributed by atoms with Crippen LogP contribution in [-0.4, -0.2) is 25.8 Å². The minimum absolute atomic E-state index is 0.344. The zero-order valence-electron chi connectivity index (χ0n) is 8.04. The Morgan fingerprint density at radius 3 is 2.69 bits per heavy atom. The molecule has 0 unspecified atom stereocenters.